The highest BCUT2D eigenvalue weighted by molar-refractivity contribution is 5.78. The van der Waals surface area contributed by atoms with Crippen molar-refractivity contribution in [1.82, 2.24) is 9.97 Å². The lowest BCUT2D eigenvalue weighted by molar-refractivity contribution is 0.0853. The number of fused-ring (bicyclic) bond motifs is 1. The lowest BCUT2D eigenvalue weighted by Gasteiger charge is -2.26. The maximum Gasteiger partial charge on any atom is 0.213 e. The van der Waals surface area contributed by atoms with Gasteiger partial charge in [-0.2, -0.15) is 0 Å². The molecule has 1 atom stereocenters. The molecule has 0 unspecified atom stereocenters. The van der Waals surface area contributed by atoms with E-state index in [1.54, 1.807) is 13.3 Å². The topological polar surface area (TPSA) is 55.2 Å². The Bertz CT molecular complexity index is 609. The van der Waals surface area contributed by atoms with E-state index in [9.17, 15) is 5.11 Å². The summed E-state index contributed by atoms with van der Waals surface area (Å²) in [5.41, 5.74) is 2.74. The van der Waals surface area contributed by atoms with Gasteiger partial charge in [0.1, 0.15) is 0 Å². The number of ether oxygens (including phenoxy) is 1. The van der Waals surface area contributed by atoms with Crippen molar-refractivity contribution in [3.63, 3.8) is 0 Å². The fraction of sp³-hybridized carbons (Fsp3) is 0.529. The second kappa shape index (κ2) is 6.39. The summed E-state index contributed by atoms with van der Waals surface area (Å²) >= 11 is 0. The number of rotatable bonds is 4. The molecule has 1 aliphatic carbocycles. The minimum absolute atomic E-state index is 0.288. The van der Waals surface area contributed by atoms with Crippen molar-refractivity contribution in [2.75, 3.05) is 7.11 Å². The molecule has 0 radical (unpaired) electrons. The molecule has 1 N–H and O–H groups in total. The summed E-state index contributed by atoms with van der Waals surface area (Å²) < 4.78 is 5.20. The number of nitrogens with zero attached hydrogens (tertiary/aromatic N) is 2. The van der Waals surface area contributed by atoms with Crippen LogP contribution in [0.3, 0.4) is 0 Å². The SMILES string of the molecule is COc1ccc2nccc(C[C@@H](O)C3CCCCC3)c2n1. The molecule has 1 saturated carbocycles. The van der Waals surface area contributed by atoms with E-state index < -0.39 is 0 Å². The third-order valence-corrected chi connectivity index (χ3v) is 4.47. The summed E-state index contributed by atoms with van der Waals surface area (Å²) in [6.45, 7) is 0. The van der Waals surface area contributed by atoms with Crippen molar-refractivity contribution in [2.24, 2.45) is 5.92 Å². The molecule has 2 heterocycles. The number of pyridine rings is 2. The molecule has 4 nitrogen and oxygen atoms in total. The quantitative estimate of drug-likeness (QED) is 0.938. The first-order valence-corrected chi connectivity index (χ1v) is 7.74. The summed E-state index contributed by atoms with van der Waals surface area (Å²) in [5.74, 6) is 1.01. The zero-order valence-electron chi connectivity index (χ0n) is 12.5. The van der Waals surface area contributed by atoms with E-state index in [2.05, 4.69) is 9.97 Å². The third-order valence-electron chi connectivity index (χ3n) is 4.47. The number of methoxy groups -OCH3 is 1. The standard InChI is InChI=1S/C17H22N2O2/c1-21-16-8-7-14-17(19-16)13(9-10-18-14)11-15(20)12-5-3-2-4-6-12/h7-10,12,15,20H,2-6,11H2,1H3/t15-/m1/s1. The molecule has 2 aromatic rings. The van der Waals surface area contributed by atoms with Gasteiger partial charge in [-0.05, 0) is 36.5 Å². The van der Waals surface area contributed by atoms with Gasteiger partial charge in [0.25, 0.3) is 0 Å². The van der Waals surface area contributed by atoms with Gasteiger partial charge in [0, 0.05) is 18.7 Å². The average molecular weight is 286 g/mol. The Kier molecular flexibility index (Phi) is 4.34. The van der Waals surface area contributed by atoms with E-state index in [1.165, 1.54) is 19.3 Å². The van der Waals surface area contributed by atoms with Gasteiger partial charge in [-0.25, -0.2) is 4.98 Å². The van der Waals surface area contributed by atoms with Crippen molar-refractivity contribution >= 4 is 11.0 Å². The van der Waals surface area contributed by atoms with Gasteiger partial charge in [-0.3, -0.25) is 4.98 Å². The fourth-order valence-electron chi connectivity index (χ4n) is 3.25. The molecule has 0 aliphatic heterocycles. The smallest absolute Gasteiger partial charge is 0.213 e. The van der Waals surface area contributed by atoms with Crippen LogP contribution in [0.4, 0.5) is 0 Å². The molecule has 0 amide bonds. The minimum Gasteiger partial charge on any atom is -0.481 e. The van der Waals surface area contributed by atoms with E-state index in [0.29, 0.717) is 18.2 Å². The van der Waals surface area contributed by atoms with Crippen molar-refractivity contribution < 1.29 is 9.84 Å². The summed E-state index contributed by atoms with van der Waals surface area (Å²) in [7, 11) is 1.61. The van der Waals surface area contributed by atoms with E-state index in [1.807, 2.05) is 18.2 Å². The molecule has 0 saturated heterocycles. The van der Waals surface area contributed by atoms with Crippen LogP contribution in [0.2, 0.25) is 0 Å². The van der Waals surface area contributed by atoms with Crippen molar-refractivity contribution in [2.45, 2.75) is 44.6 Å². The van der Waals surface area contributed by atoms with E-state index in [-0.39, 0.29) is 6.10 Å². The predicted octanol–water partition coefficient (Wildman–Crippen LogP) is 3.12. The molecule has 0 aromatic carbocycles. The number of aromatic nitrogens is 2. The number of aliphatic hydroxyl groups excluding tert-OH is 1. The highest BCUT2D eigenvalue weighted by Gasteiger charge is 2.22. The Balaban J connectivity index is 1.85. The van der Waals surface area contributed by atoms with Crippen LogP contribution in [0, 0.1) is 5.92 Å². The van der Waals surface area contributed by atoms with E-state index in [0.717, 1.165) is 29.4 Å². The summed E-state index contributed by atoms with van der Waals surface area (Å²) in [6.07, 6.45) is 8.21. The average Bonchev–Trinajstić information content (AvgIpc) is 2.55. The van der Waals surface area contributed by atoms with Crippen LogP contribution in [-0.2, 0) is 6.42 Å². The summed E-state index contributed by atoms with van der Waals surface area (Å²) in [6, 6.07) is 5.69. The van der Waals surface area contributed by atoms with Gasteiger partial charge >= 0.3 is 0 Å². The Hall–Kier alpha value is -1.68. The van der Waals surface area contributed by atoms with Crippen LogP contribution in [0.5, 0.6) is 5.88 Å². The zero-order valence-corrected chi connectivity index (χ0v) is 12.5. The Morgan fingerprint density at radius 3 is 2.81 bits per heavy atom. The van der Waals surface area contributed by atoms with Crippen molar-refractivity contribution in [3.8, 4) is 5.88 Å². The first-order valence-electron chi connectivity index (χ1n) is 7.74. The second-order valence-electron chi connectivity index (χ2n) is 5.86. The summed E-state index contributed by atoms with van der Waals surface area (Å²) in [5, 5.41) is 10.5. The number of hydrogen-bond donors (Lipinski definition) is 1. The molecule has 21 heavy (non-hydrogen) atoms. The molecule has 0 bridgehead atoms. The molecule has 3 rings (SSSR count). The lowest BCUT2D eigenvalue weighted by Crippen LogP contribution is -2.25. The molecular weight excluding hydrogens is 264 g/mol. The third kappa shape index (κ3) is 3.16. The minimum atomic E-state index is -0.288. The van der Waals surface area contributed by atoms with Crippen LogP contribution < -0.4 is 4.74 Å². The van der Waals surface area contributed by atoms with Crippen LogP contribution in [0.15, 0.2) is 24.4 Å². The van der Waals surface area contributed by atoms with Crippen LogP contribution in [0.1, 0.15) is 37.7 Å². The molecule has 2 aromatic heterocycles. The number of hydrogen-bond acceptors (Lipinski definition) is 4. The zero-order chi connectivity index (χ0) is 14.7. The lowest BCUT2D eigenvalue weighted by atomic mass is 9.83. The van der Waals surface area contributed by atoms with Crippen molar-refractivity contribution in [3.05, 3.63) is 30.0 Å². The van der Waals surface area contributed by atoms with Gasteiger partial charge in [0.2, 0.25) is 5.88 Å². The predicted molar refractivity (Wildman–Crippen MR) is 82.4 cm³/mol. The monoisotopic (exact) mass is 286 g/mol. The van der Waals surface area contributed by atoms with E-state index >= 15 is 0 Å². The first kappa shape index (κ1) is 14.3. The second-order valence-corrected chi connectivity index (χ2v) is 5.86. The van der Waals surface area contributed by atoms with Gasteiger partial charge in [-0.15, -0.1) is 0 Å². The van der Waals surface area contributed by atoms with Crippen LogP contribution in [0.25, 0.3) is 11.0 Å². The highest BCUT2D eigenvalue weighted by Crippen LogP contribution is 2.29. The molecule has 112 valence electrons. The maximum absolute atomic E-state index is 10.5. The molecule has 1 fully saturated rings. The van der Waals surface area contributed by atoms with Gasteiger partial charge < -0.3 is 9.84 Å². The maximum atomic E-state index is 10.5. The van der Waals surface area contributed by atoms with Crippen LogP contribution >= 0.6 is 0 Å². The van der Waals surface area contributed by atoms with E-state index in [4.69, 9.17) is 4.74 Å². The Labute approximate surface area is 125 Å². The van der Waals surface area contributed by atoms with Gasteiger partial charge in [0.05, 0.1) is 24.2 Å². The van der Waals surface area contributed by atoms with Crippen LogP contribution in [-0.4, -0.2) is 28.3 Å². The molecule has 4 heteroatoms. The number of aliphatic hydroxyl groups is 1. The Morgan fingerprint density at radius 1 is 1.24 bits per heavy atom. The molecule has 0 spiro atoms. The first-order chi connectivity index (χ1) is 10.3. The summed E-state index contributed by atoms with van der Waals surface area (Å²) in [4.78, 5) is 8.83. The highest BCUT2D eigenvalue weighted by atomic mass is 16.5. The van der Waals surface area contributed by atoms with Gasteiger partial charge in [-0.1, -0.05) is 19.3 Å². The van der Waals surface area contributed by atoms with Crippen molar-refractivity contribution in [1.29, 1.82) is 0 Å². The molecule has 1 aliphatic rings. The molecular formula is C17H22N2O2. The normalized spacial score (nSPS) is 17.8. The van der Waals surface area contributed by atoms with Gasteiger partial charge in [0.15, 0.2) is 0 Å². The largest absolute Gasteiger partial charge is 0.481 e. The Morgan fingerprint density at radius 2 is 2.05 bits per heavy atom. The fourth-order valence-corrected chi connectivity index (χ4v) is 3.25.